The molecule has 0 amide bonds. The predicted molar refractivity (Wildman–Crippen MR) is 81.1 cm³/mol. The van der Waals surface area contributed by atoms with Gasteiger partial charge in [-0.3, -0.25) is 0 Å². The van der Waals surface area contributed by atoms with E-state index in [9.17, 15) is 0 Å². The molecule has 0 nitrogen and oxygen atoms in total. The molecular formula is C20H18Fe. The van der Waals surface area contributed by atoms with E-state index < -0.39 is 6.51 Å². The molecular weight excluding hydrogens is 296 g/mol. The van der Waals surface area contributed by atoms with Crippen LogP contribution in [0.4, 0.5) is 0 Å². The molecule has 0 aliphatic carbocycles. The summed E-state index contributed by atoms with van der Waals surface area (Å²) in [5.41, 5.74) is 3.37. The summed E-state index contributed by atoms with van der Waals surface area (Å²) in [5.74, 6) is 0. The van der Waals surface area contributed by atoms with Crippen molar-refractivity contribution in [3.05, 3.63) is 54.6 Å². The Morgan fingerprint density at radius 3 is 1.86 bits per heavy atom. The van der Waals surface area contributed by atoms with E-state index in [0.717, 1.165) is 4.31 Å². The second-order valence-electron chi connectivity index (χ2n) is 11.9. The average Bonchev–Trinajstić information content (AvgIpc) is 3.46. The molecule has 106 valence electrons. The quantitative estimate of drug-likeness (QED) is 0.473. The number of fused-ring (bicyclic) bond motifs is 10. The fourth-order valence-corrected chi connectivity index (χ4v) is 92.3. The van der Waals surface area contributed by atoms with Crippen molar-refractivity contribution < 1.29 is 6.51 Å². The van der Waals surface area contributed by atoms with Gasteiger partial charge < -0.3 is 0 Å². The molecule has 1 heteroatoms. The maximum absolute atomic E-state index is 4.09. The van der Waals surface area contributed by atoms with Crippen LogP contribution in [0.2, 0.25) is 47.7 Å². The van der Waals surface area contributed by atoms with Gasteiger partial charge in [-0.1, -0.05) is 0 Å². The molecule has 0 N–H and O–H groups in total. The first kappa shape index (κ1) is 8.18. The number of rotatable bonds is 3. The van der Waals surface area contributed by atoms with Crippen molar-refractivity contribution in [1.29, 1.82) is 0 Å². The third-order valence-corrected chi connectivity index (χ3v) is 58.8. The first-order valence-corrected chi connectivity index (χ1v) is 15.0. The van der Waals surface area contributed by atoms with Crippen molar-refractivity contribution in [3.63, 3.8) is 0 Å². The fourth-order valence-electron chi connectivity index (χ4n) is 18.1. The van der Waals surface area contributed by atoms with E-state index in [1.54, 1.807) is 5.56 Å². The van der Waals surface area contributed by atoms with Gasteiger partial charge >= 0.3 is 114 Å². The van der Waals surface area contributed by atoms with Crippen LogP contribution in [-0.2, 0) is 6.51 Å². The summed E-state index contributed by atoms with van der Waals surface area (Å²) >= 11 is 0. The van der Waals surface area contributed by atoms with Crippen molar-refractivity contribution in [1.82, 2.24) is 0 Å². The van der Waals surface area contributed by atoms with Crippen LogP contribution >= 0.6 is 0 Å². The molecule has 4 unspecified atom stereocenters. The van der Waals surface area contributed by atoms with Gasteiger partial charge in [0.15, 0.2) is 0 Å². The van der Waals surface area contributed by atoms with Crippen LogP contribution in [0.3, 0.4) is 0 Å². The van der Waals surface area contributed by atoms with Gasteiger partial charge in [-0.2, -0.15) is 0 Å². The van der Waals surface area contributed by atoms with E-state index in [2.05, 4.69) is 49.1 Å². The van der Waals surface area contributed by atoms with E-state index in [0.29, 0.717) is 0 Å². The van der Waals surface area contributed by atoms with E-state index in [1.165, 1.54) is 43.3 Å². The molecule has 0 saturated carbocycles. The van der Waals surface area contributed by atoms with Gasteiger partial charge in [0.1, 0.15) is 0 Å². The van der Waals surface area contributed by atoms with Crippen LogP contribution < -0.4 is 0 Å². The summed E-state index contributed by atoms with van der Waals surface area (Å²) in [5, 5.41) is 0. The zero-order valence-corrected chi connectivity index (χ0v) is 12.9. The van der Waals surface area contributed by atoms with E-state index in [1.807, 2.05) is 5.57 Å². The van der Waals surface area contributed by atoms with E-state index >= 15 is 0 Å². The molecule has 4 atom stereocenters. The standard InChI is InChI=1S/C15H13.C5H5.Fe/c1-2-8-15(14-11-6-7-12-14)13-9-4-3-5-10-13;1-2-4-5-3-1;/h2-12H,1H2;1-5H;. The minimum absolute atomic E-state index is 0.856. The third-order valence-electron chi connectivity index (χ3n) is 16.5. The monoisotopic (exact) mass is 314 g/mol. The van der Waals surface area contributed by atoms with Gasteiger partial charge in [0.2, 0.25) is 0 Å². The Balaban J connectivity index is 1.42. The van der Waals surface area contributed by atoms with Crippen LogP contribution in [0.1, 0.15) is 5.56 Å². The summed E-state index contributed by atoms with van der Waals surface area (Å²) in [4.78, 5) is 12.6. The summed E-state index contributed by atoms with van der Waals surface area (Å²) in [6.07, 6.45) is 4.57. The summed E-state index contributed by atoms with van der Waals surface area (Å²) in [6.45, 7) is 1.07. The first-order valence-electron chi connectivity index (χ1n) is 8.70. The topological polar surface area (TPSA) is 0 Å². The fraction of sp³-hybridized carbons (Fsp3) is 0.500. The number of hydrogen-bond acceptors (Lipinski definition) is 0. The molecule has 21 heavy (non-hydrogen) atoms. The summed E-state index contributed by atoms with van der Waals surface area (Å²) in [6, 6.07) is 11.4. The third kappa shape index (κ3) is 0.105. The van der Waals surface area contributed by atoms with Gasteiger partial charge in [0, 0.05) is 0 Å². The van der Waals surface area contributed by atoms with Crippen molar-refractivity contribution in [2.24, 2.45) is 0 Å². The van der Waals surface area contributed by atoms with Crippen LogP contribution in [-0.4, -0.2) is 0 Å². The van der Waals surface area contributed by atoms with E-state index in [4.69, 9.17) is 0 Å². The van der Waals surface area contributed by atoms with Gasteiger partial charge in [-0.15, -0.1) is 0 Å². The Kier molecular flexibility index (Phi) is 0.305. The zero-order chi connectivity index (χ0) is 13.1. The van der Waals surface area contributed by atoms with Gasteiger partial charge in [0.25, 0.3) is 0 Å². The molecule has 10 heterocycles. The maximum atomic E-state index is 4.09. The van der Waals surface area contributed by atoms with Gasteiger partial charge in [-0.05, 0) is 0 Å². The van der Waals surface area contributed by atoms with Gasteiger partial charge in [0.05, 0.1) is 0 Å². The normalized spacial score (nSPS) is 99.2. The Bertz CT molecular complexity index is 1190. The first-order chi connectivity index (χ1) is 10.1. The average molecular weight is 314 g/mol. The Labute approximate surface area is 114 Å². The second-order valence-corrected chi connectivity index (χ2v) is 35.4. The van der Waals surface area contributed by atoms with Crippen LogP contribution in [0, 0.1) is 0 Å². The van der Waals surface area contributed by atoms with Crippen molar-refractivity contribution in [2.75, 3.05) is 0 Å². The molecule has 1 spiro atoms. The van der Waals surface area contributed by atoms with Crippen molar-refractivity contribution in [3.8, 4) is 0 Å². The molecule has 0 aromatic heterocycles. The molecule has 10 aliphatic heterocycles. The van der Waals surface area contributed by atoms with Crippen LogP contribution in [0.25, 0.3) is 5.57 Å². The molecule has 1 aromatic carbocycles. The van der Waals surface area contributed by atoms with Gasteiger partial charge in [-0.25, -0.2) is 0 Å². The second kappa shape index (κ2) is 0.784. The summed E-state index contributed by atoms with van der Waals surface area (Å²) < 4.78 is 0.856. The molecule has 0 radical (unpaired) electrons. The molecule has 11 rings (SSSR count). The number of allylic oxidation sites excluding steroid dienone is 3. The minimum atomic E-state index is -3.01. The molecule has 10 fully saturated rings. The Morgan fingerprint density at radius 2 is 1.48 bits per heavy atom. The van der Waals surface area contributed by atoms with Crippen molar-refractivity contribution >= 4 is 5.57 Å². The summed E-state index contributed by atoms with van der Waals surface area (Å²) in [7, 11) is 0. The Morgan fingerprint density at radius 1 is 0.905 bits per heavy atom. The van der Waals surface area contributed by atoms with Crippen LogP contribution in [0.15, 0.2) is 49.1 Å². The molecule has 10 aliphatic rings. The molecule has 10 saturated heterocycles. The Hall–Kier alpha value is -0.781. The van der Waals surface area contributed by atoms with Crippen LogP contribution in [0.5, 0.6) is 0 Å². The number of benzene rings is 1. The predicted octanol–water partition coefficient (Wildman–Crippen LogP) is 6.02. The van der Waals surface area contributed by atoms with Crippen molar-refractivity contribution in [2.45, 2.75) is 47.7 Å². The number of hydrogen-bond donors (Lipinski definition) is 0. The molecule has 1 aromatic rings. The SMILES string of the molecule is C=CC=C(c1ccccc1)[C]12[CH]3[CH]4[CH]5[CH]1[Fe]45321678[CH]2[CH]1[CH]6[CH]7[CH]28. The zero-order valence-electron chi connectivity index (χ0n) is 11.8. The molecule has 0 bridgehead atoms. The van der Waals surface area contributed by atoms with E-state index in [-0.39, 0.29) is 0 Å².